The molecule has 1 aliphatic carbocycles. The molecule has 3 rings (SSSR count). The largest absolute Gasteiger partial charge is 0.433 e. The van der Waals surface area contributed by atoms with Gasteiger partial charge in [0.15, 0.2) is 5.69 Å². The van der Waals surface area contributed by atoms with Crippen molar-refractivity contribution < 1.29 is 18.0 Å². The van der Waals surface area contributed by atoms with Crippen LogP contribution in [0.4, 0.5) is 13.2 Å². The van der Waals surface area contributed by atoms with E-state index < -0.39 is 11.9 Å². The number of alkyl halides is 3. The lowest BCUT2D eigenvalue weighted by Gasteiger charge is -2.15. The van der Waals surface area contributed by atoms with Gasteiger partial charge in [-0.15, -0.1) is 0 Å². The second-order valence-electron chi connectivity index (χ2n) is 6.55. The highest BCUT2D eigenvalue weighted by Crippen LogP contribution is 2.30. The van der Waals surface area contributed by atoms with Gasteiger partial charge in [0.05, 0.1) is 5.69 Å². The highest BCUT2D eigenvalue weighted by atomic mass is 19.4. The van der Waals surface area contributed by atoms with Crippen LogP contribution in [0.15, 0.2) is 6.07 Å². The summed E-state index contributed by atoms with van der Waals surface area (Å²) in [5.41, 5.74) is 1.89. The summed E-state index contributed by atoms with van der Waals surface area (Å²) in [6.45, 7) is 3.61. The Balaban J connectivity index is 1.60. The van der Waals surface area contributed by atoms with Gasteiger partial charge in [-0.3, -0.25) is 14.6 Å². The van der Waals surface area contributed by atoms with Gasteiger partial charge in [0.2, 0.25) is 0 Å². The molecule has 0 saturated carbocycles. The molecule has 1 unspecified atom stereocenters. The van der Waals surface area contributed by atoms with Crippen LogP contribution in [0.1, 0.15) is 46.5 Å². The molecule has 0 radical (unpaired) electrons. The molecule has 0 saturated heterocycles. The van der Waals surface area contributed by atoms with Crippen LogP contribution in [0.25, 0.3) is 0 Å². The van der Waals surface area contributed by atoms with Gasteiger partial charge in [-0.05, 0) is 38.2 Å². The van der Waals surface area contributed by atoms with E-state index in [-0.39, 0.29) is 24.9 Å². The first-order valence-corrected chi connectivity index (χ1v) is 8.21. The monoisotopic (exact) mass is 355 g/mol. The molecule has 25 heavy (non-hydrogen) atoms. The first-order valence-electron chi connectivity index (χ1n) is 8.21. The Morgan fingerprint density at radius 3 is 2.92 bits per heavy atom. The molecule has 1 atom stereocenters. The van der Waals surface area contributed by atoms with E-state index in [0.717, 1.165) is 41.3 Å². The first kappa shape index (κ1) is 17.5. The third kappa shape index (κ3) is 3.69. The number of rotatable bonds is 5. The Kier molecular flexibility index (Phi) is 4.57. The second kappa shape index (κ2) is 6.53. The molecule has 1 aliphatic rings. The van der Waals surface area contributed by atoms with Crippen LogP contribution < -0.4 is 5.32 Å². The number of nitrogens with zero attached hydrogens (tertiary/aromatic N) is 3. The number of amides is 1. The lowest BCUT2D eigenvalue weighted by atomic mass is 10.1. The van der Waals surface area contributed by atoms with Crippen LogP contribution >= 0.6 is 0 Å². The number of hydrogen-bond acceptors (Lipinski definition) is 3. The third-order valence-corrected chi connectivity index (χ3v) is 4.31. The number of aryl methyl sites for hydroxylation is 2. The van der Waals surface area contributed by atoms with Crippen molar-refractivity contribution in [1.82, 2.24) is 25.3 Å². The number of carbonyl (C=O) groups is 1. The Hall–Kier alpha value is -2.32. The molecule has 6 nitrogen and oxygen atoms in total. The van der Waals surface area contributed by atoms with Crippen molar-refractivity contribution in [3.63, 3.8) is 0 Å². The molecule has 2 aromatic heterocycles. The SMILES string of the molecule is Cc1cc(C(F)(F)F)n(CC(C)CNC(=O)c2n[nH]c3c2CCC3)n1. The quantitative estimate of drug-likeness (QED) is 0.865. The summed E-state index contributed by atoms with van der Waals surface area (Å²) in [5.74, 6) is -0.504. The smallest absolute Gasteiger partial charge is 0.350 e. The number of nitrogens with one attached hydrogen (secondary N) is 2. The highest BCUT2D eigenvalue weighted by Gasteiger charge is 2.35. The number of carbonyl (C=O) groups excluding carboxylic acids is 1. The molecule has 9 heteroatoms. The average Bonchev–Trinajstić information content (AvgIpc) is 3.19. The topological polar surface area (TPSA) is 75.6 Å². The van der Waals surface area contributed by atoms with Crippen molar-refractivity contribution >= 4 is 5.91 Å². The molecule has 0 spiro atoms. The molecule has 2 aromatic rings. The highest BCUT2D eigenvalue weighted by molar-refractivity contribution is 5.94. The lowest BCUT2D eigenvalue weighted by molar-refractivity contribution is -0.144. The summed E-state index contributed by atoms with van der Waals surface area (Å²) < 4.78 is 39.9. The van der Waals surface area contributed by atoms with Gasteiger partial charge in [-0.25, -0.2) is 0 Å². The zero-order chi connectivity index (χ0) is 18.2. The summed E-state index contributed by atoms with van der Waals surface area (Å²) in [5, 5.41) is 13.6. The number of fused-ring (bicyclic) bond motifs is 1. The van der Waals surface area contributed by atoms with E-state index >= 15 is 0 Å². The number of H-pyrrole nitrogens is 1. The molecular weight excluding hydrogens is 335 g/mol. The summed E-state index contributed by atoms with van der Waals surface area (Å²) in [4.78, 5) is 12.3. The lowest BCUT2D eigenvalue weighted by Crippen LogP contribution is -2.31. The minimum absolute atomic E-state index is 0.0711. The molecule has 0 bridgehead atoms. The van der Waals surface area contributed by atoms with Gasteiger partial charge in [0, 0.05) is 24.3 Å². The zero-order valence-corrected chi connectivity index (χ0v) is 14.1. The molecule has 1 amide bonds. The first-order chi connectivity index (χ1) is 11.8. The van der Waals surface area contributed by atoms with Crippen molar-refractivity contribution in [2.24, 2.45) is 5.92 Å². The number of halogens is 3. The molecule has 2 N–H and O–H groups in total. The van der Waals surface area contributed by atoms with E-state index in [4.69, 9.17) is 0 Å². The van der Waals surface area contributed by atoms with Gasteiger partial charge in [0.1, 0.15) is 5.69 Å². The van der Waals surface area contributed by atoms with Crippen molar-refractivity contribution in [3.8, 4) is 0 Å². The van der Waals surface area contributed by atoms with Gasteiger partial charge < -0.3 is 5.32 Å². The molecule has 0 fully saturated rings. The Morgan fingerprint density at radius 1 is 1.44 bits per heavy atom. The number of aromatic nitrogens is 4. The fourth-order valence-electron chi connectivity index (χ4n) is 3.13. The van der Waals surface area contributed by atoms with Crippen molar-refractivity contribution in [2.75, 3.05) is 6.54 Å². The molecule has 0 aromatic carbocycles. The van der Waals surface area contributed by atoms with Crippen molar-refractivity contribution in [3.05, 3.63) is 34.4 Å². The summed E-state index contributed by atoms with van der Waals surface area (Å²) in [7, 11) is 0. The summed E-state index contributed by atoms with van der Waals surface area (Å²) >= 11 is 0. The van der Waals surface area contributed by atoms with Gasteiger partial charge in [0.25, 0.3) is 5.91 Å². The van der Waals surface area contributed by atoms with E-state index in [1.54, 1.807) is 6.92 Å². The van der Waals surface area contributed by atoms with Crippen LogP contribution in [0.2, 0.25) is 0 Å². The third-order valence-electron chi connectivity index (χ3n) is 4.31. The summed E-state index contributed by atoms with van der Waals surface area (Å²) in [6.07, 6.45) is -1.73. The predicted octanol–water partition coefficient (Wildman–Crippen LogP) is 2.49. The molecular formula is C16H20F3N5O. The second-order valence-corrected chi connectivity index (χ2v) is 6.55. The molecule has 136 valence electrons. The van der Waals surface area contributed by atoms with Crippen LogP contribution in [-0.2, 0) is 25.6 Å². The maximum absolute atomic E-state index is 13.0. The van der Waals surface area contributed by atoms with Crippen LogP contribution in [0, 0.1) is 12.8 Å². The van der Waals surface area contributed by atoms with E-state index in [0.29, 0.717) is 11.4 Å². The molecule has 2 heterocycles. The Bertz CT molecular complexity index is 777. The fourth-order valence-corrected chi connectivity index (χ4v) is 3.13. The van der Waals surface area contributed by atoms with E-state index in [2.05, 4.69) is 20.6 Å². The Labute approximate surface area is 142 Å². The van der Waals surface area contributed by atoms with E-state index in [1.807, 2.05) is 0 Å². The minimum Gasteiger partial charge on any atom is -0.350 e. The maximum Gasteiger partial charge on any atom is 0.433 e. The fraction of sp³-hybridized carbons (Fsp3) is 0.562. The van der Waals surface area contributed by atoms with Crippen molar-refractivity contribution in [2.45, 2.75) is 45.8 Å². The number of aromatic amines is 1. The van der Waals surface area contributed by atoms with Crippen LogP contribution in [0.3, 0.4) is 0 Å². The van der Waals surface area contributed by atoms with E-state index in [9.17, 15) is 18.0 Å². The number of hydrogen-bond donors (Lipinski definition) is 2. The average molecular weight is 355 g/mol. The minimum atomic E-state index is -4.44. The summed E-state index contributed by atoms with van der Waals surface area (Å²) in [6, 6.07) is 1.03. The molecule has 0 aliphatic heterocycles. The zero-order valence-electron chi connectivity index (χ0n) is 14.1. The van der Waals surface area contributed by atoms with Crippen LogP contribution in [0.5, 0.6) is 0 Å². The normalized spacial score (nSPS) is 15.2. The van der Waals surface area contributed by atoms with E-state index in [1.165, 1.54) is 6.92 Å². The predicted molar refractivity (Wildman–Crippen MR) is 84.1 cm³/mol. The van der Waals surface area contributed by atoms with Crippen molar-refractivity contribution in [1.29, 1.82) is 0 Å². The van der Waals surface area contributed by atoms with Gasteiger partial charge in [-0.1, -0.05) is 6.92 Å². The standard InChI is InChI=1S/C16H20F3N5O/c1-9(8-24-13(16(17,18)19)6-10(2)23-24)7-20-15(25)14-11-4-3-5-12(11)21-22-14/h6,9H,3-5,7-8H2,1-2H3,(H,20,25)(H,21,22). The maximum atomic E-state index is 13.0. The van der Waals surface area contributed by atoms with Crippen LogP contribution in [-0.4, -0.2) is 32.4 Å². The van der Waals surface area contributed by atoms with Gasteiger partial charge >= 0.3 is 6.18 Å². The van der Waals surface area contributed by atoms with Gasteiger partial charge in [-0.2, -0.15) is 23.4 Å². The Morgan fingerprint density at radius 2 is 2.20 bits per heavy atom.